The molecule has 6 heteroatoms. The molecule has 0 saturated carbocycles. The van der Waals surface area contributed by atoms with Gasteiger partial charge in [-0.15, -0.1) is 12.4 Å². The molecule has 0 saturated heterocycles. The average molecular weight is 385 g/mol. The van der Waals surface area contributed by atoms with E-state index in [0.717, 1.165) is 65.0 Å². The fourth-order valence-electron chi connectivity index (χ4n) is 4.38. The van der Waals surface area contributed by atoms with Gasteiger partial charge in [0.15, 0.2) is 11.5 Å². The number of halogens is 1. The van der Waals surface area contributed by atoms with Crippen molar-refractivity contribution in [3.63, 3.8) is 0 Å². The molecule has 1 aliphatic carbocycles. The molecule has 0 bridgehead atoms. The predicted molar refractivity (Wildman–Crippen MR) is 109 cm³/mol. The Morgan fingerprint density at radius 1 is 1.04 bits per heavy atom. The fraction of sp³-hybridized carbons (Fsp3) is 0.286. The normalized spacial score (nSPS) is 13.9. The van der Waals surface area contributed by atoms with E-state index >= 15 is 0 Å². The molecule has 0 amide bonds. The molecule has 0 spiro atoms. The highest BCUT2D eigenvalue weighted by molar-refractivity contribution is 6.02. The Morgan fingerprint density at radius 2 is 1.89 bits per heavy atom. The number of phenolic OH excluding ortho intramolecular Hbond substituents is 1. The summed E-state index contributed by atoms with van der Waals surface area (Å²) in [5, 5.41) is 14.4. The lowest BCUT2D eigenvalue weighted by Gasteiger charge is -2.28. The minimum atomic E-state index is 0. The first-order valence-corrected chi connectivity index (χ1v) is 8.88. The molecule has 2 heterocycles. The molecule has 140 valence electrons. The molecule has 0 fully saturated rings. The predicted octanol–water partition coefficient (Wildman–Crippen LogP) is 4.11. The van der Waals surface area contributed by atoms with Crippen molar-refractivity contribution in [1.29, 1.82) is 0 Å². The third kappa shape index (κ3) is 2.49. The first-order valence-electron chi connectivity index (χ1n) is 8.88. The Hall–Kier alpha value is -2.66. The highest BCUT2D eigenvalue weighted by atomic mass is 35.5. The zero-order chi connectivity index (χ0) is 17.8. The number of aromatic nitrogens is 1. The van der Waals surface area contributed by atoms with Gasteiger partial charge in [-0.25, -0.2) is 4.98 Å². The molecule has 1 aliphatic heterocycles. The third-order valence-electron chi connectivity index (χ3n) is 5.50. The molecule has 3 aromatic rings. The van der Waals surface area contributed by atoms with Gasteiger partial charge in [-0.05, 0) is 54.2 Å². The van der Waals surface area contributed by atoms with E-state index in [1.54, 1.807) is 20.3 Å². The number of benzene rings is 2. The lowest BCUT2D eigenvalue weighted by atomic mass is 9.83. The number of pyridine rings is 1. The van der Waals surface area contributed by atoms with Crippen molar-refractivity contribution < 1.29 is 14.6 Å². The third-order valence-corrected chi connectivity index (χ3v) is 5.50. The Bertz CT molecular complexity index is 1070. The zero-order valence-electron chi connectivity index (χ0n) is 15.3. The standard InChI is InChI=1S/C21H20N2O3.ClH/c1-25-17-10-16-18-14(7-8-22-20(18)21(17)26-2)15-5-3-11-9-12(24)4-6-13(11)19(15)23-16;/h4,6,9-10,22,24H,3,5,7-8H2,1-2H3;1H. The summed E-state index contributed by atoms with van der Waals surface area (Å²) in [6.07, 6.45) is 2.84. The van der Waals surface area contributed by atoms with Crippen molar-refractivity contribution in [2.24, 2.45) is 0 Å². The van der Waals surface area contributed by atoms with E-state index < -0.39 is 0 Å². The summed E-state index contributed by atoms with van der Waals surface area (Å²) >= 11 is 0. The Labute approximate surface area is 163 Å². The van der Waals surface area contributed by atoms with Gasteiger partial charge in [-0.2, -0.15) is 0 Å². The number of hydrogen-bond acceptors (Lipinski definition) is 5. The molecule has 2 aliphatic rings. The summed E-state index contributed by atoms with van der Waals surface area (Å²) in [5.74, 6) is 1.74. The number of rotatable bonds is 2. The molecule has 1 aromatic heterocycles. The van der Waals surface area contributed by atoms with E-state index in [4.69, 9.17) is 14.5 Å². The van der Waals surface area contributed by atoms with Crippen LogP contribution in [0.4, 0.5) is 5.69 Å². The van der Waals surface area contributed by atoms with Crippen LogP contribution in [0, 0.1) is 0 Å². The largest absolute Gasteiger partial charge is 0.508 e. The number of nitrogens with one attached hydrogen (secondary N) is 1. The second kappa shape index (κ2) is 6.50. The highest BCUT2D eigenvalue weighted by Gasteiger charge is 2.28. The van der Waals surface area contributed by atoms with Crippen LogP contribution in [0.3, 0.4) is 0 Å². The molecule has 0 unspecified atom stereocenters. The molecule has 0 atom stereocenters. The Kier molecular flexibility index (Phi) is 4.27. The van der Waals surface area contributed by atoms with E-state index in [2.05, 4.69) is 5.32 Å². The van der Waals surface area contributed by atoms with Crippen LogP contribution in [0.1, 0.15) is 16.7 Å². The van der Waals surface area contributed by atoms with Gasteiger partial charge >= 0.3 is 0 Å². The molecule has 5 nitrogen and oxygen atoms in total. The maximum Gasteiger partial charge on any atom is 0.184 e. The average Bonchev–Trinajstić information content (AvgIpc) is 2.67. The Balaban J connectivity index is 0.00000180. The smallest absolute Gasteiger partial charge is 0.184 e. The minimum absolute atomic E-state index is 0. The lowest BCUT2D eigenvalue weighted by Crippen LogP contribution is -2.18. The van der Waals surface area contributed by atoms with Crippen LogP contribution in [0.15, 0.2) is 24.3 Å². The van der Waals surface area contributed by atoms with Gasteiger partial charge in [-0.1, -0.05) is 0 Å². The SMILES string of the molecule is COc1cc2nc3c(c4c2c(c1OC)NCC4)CCc1cc(O)ccc1-3.Cl. The molecule has 27 heavy (non-hydrogen) atoms. The van der Waals surface area contributed by atoms with E-state index in [1.807, 2.05) is 18.2 Å². The van der Waals surface area contributed by atoms with E-state index in [0.29, 0.717) is 11.5 Å². The number of hydrogen-bond donors (Lipinski definition) is 2. The minimum Gasteiger partial charge on any atom is -0.508 e. The summed E-state index contributed by atoms with van der Waals surface area (Å²) < 4.78 is 11.2. The second-order valence-corrected chi connectivity index (χ2v) is 6.82. The number of fused-ring (bicyclic) bond motifs is 4. The maximum absolute atomic E-state index is 9.82. The summed E-state index contributed by atoms with van der Waals surface area (Å²) in [6.45, 7) is 0.866. The topological polar surface area (TPSA) is 63.6 Å². The van der Waals surface area contributed by atoms with Crippen LogP contribution in [0.25, 0.3) is 22.2 Å². The first-order chi connectivity index (χ1) is 12.7. The van der Waals surface area contributed by atoms with Crippen LogP contribution in [-0.2, 0) is 19.3 Å². The summed E-state index contributed by atoms with van der Waals surface area (Å²) in [7, 11) is 3.32. The van der Waals surface area contributed by atoms with Gasteiger partial charge in [0, 0.05) is 23.6 Å². The van der Waals surface area contributed by atoms with Gasteiger partial charge in [-0.3, -0.25) is 0 Å². The van der Waals surface area contributed by atoms with Gasteiger partial charge in [0.05, 0.1) is 31.1 Å². The van der Waals surface area contributed by atoms with Gasteiger partial charge in [0.25, 0.3) is 0 Å². The van der Waals surface area contributed by atoms with E-state index in [-0.39, 0.29) is 12.4 Å². The first kappa shape index (κ1) is 17.7. The van der Waals surface area contributed by atoms with Crippen LogP contribution in [-0.4, -0.2) is 30.9 Å². The van der Waals surface area contributed by atoms with Crippen molar-refractivity contribution in [1.82, 2.24) is 4.98 Å². The molecular formula is C21H21ClN2O3. The number of ether oxygens (including phenoxy) is 2. The Morgan fingerprint density at radius 3 is 2.67 bits per heavy atom. The fourth-order valence-corrected chi connectivity index (χ4v) is 4.38. The van der Waals surface area contributed by atoms with Crippen molar-refractivity contribution in [2.45, 2.75) is 19.3 Å². The lowest BCUT2D eigenvalue weighted by molar-refractivity contribution is 0.357. The number of anilines is 1. The quantitative estimate of drug-likeness (QED) is 0.696. The van der Waals surface area contributed by atoms with Crippen molar-refractivity contribution >= 4 is 29.0 Å². The van der Waals surface area contributed by atoms with Gasteiger partial charge in [0.2, 0.25) is 0 Å². The molecule has 0 radical (unpaired) electrons. The van der Waals surface area contributed by atoms with Gasteiger partial charge in [0.1, 0.15) is 5.75 Å². The van der Waals surface area contributed by atoms with Crippen LogP contribution in [0.2, 0.25) is 0 Å². The van der Waals surface area contributed by atoms with Crippen molar-refractivity contribution in [3.8, 4) is 28.5 Å². The van der Waals surface area contributed by atoms with Crippen molar-refractivity contribution in [3.05, 3.63) is 41.0 Å². The van der Waals surface area contributed by atoms with E-state index in [1.165, 1.54) is 11.1 Å². The van der Waals surface area contributed by atoms with Crippen LogP contribution in [0.5, 0.6) is 17.2 Å². The summed E-state index contributed by atoms with van der Waals surface area (Å²) in [4.78, 5) is 5.02. The van der Waals surface area contributed by atoms with Crippen molar-refractivity contribution in [2.75, 3.05) is 26.1 Å². The van der Waals surface area contributed by atoms with E-state index in [9.17, 15) is 5.11 Å². The number of aryl methyl sites for hydroxylation is 1. The number of methoxy groups -OCH3 is 2. The number of phenols is 1. The van der Waals surface area contributed by atoms with Crippen LogP contribution < -0.4 is 14.8 Å². The molecule has 2 aromatic carbocycles. The zero-order valence-corrected chi connectivity index (χ0v) is 16.1. The number of aromatic hydroxyl groups is 1. The molecule has 2 N–H and O–H groups in total. The maximum atomic E-state index is 9.82. The second-order valence-electron chi connectivity index (χ2n) is 6.82. The molecular weight excluding hydrogens is 364 g/mol. The van der Waals surface area contributed by atoms with Gasteiger partial charge < -0.3 is 19.9 Å². The highest BCUT2D eigenvalue weighted by Crippen LogP contribution is 2.47. The van der Waals surface area contributed by atoms with Crippen LogP contribution >= 0.6 is 12.4 Å². The molecule has 5 rings (SSSR count). The number of nitrogens with zero attached hydrogens (tertiary/aromatic N) is 1. The monoisotopic (exact) mass is 384 g/mol. The summed E-state index contributed by atoms with van der Waals surface area (Å²) in [6, 6.07) is 7.55. The summed E-state index contributed by atoms with van der Waals surface area (Å²) in [5.41, 5.74) is 7.90.